The highest BCUT2D eigenvalue weighted by atomic mass is 32.2. The summed E-state index contributed by atoms with van der Waals surface area (Å²) in [7, 11) is 1.29. The summed E-state index contributed by atoms with van der Waals surface area (Å²) in [5.41, 5.74) is 6.57. The number of hydrogen-bond donors (Lipinski definition) is 3. The molecule has 0 bridgehead atoms. The summed E-state index contributed by atoms with van der Waals surface area (Å²) in [4.78, 5) is 23.3. The van der Waals surface area contributed by atoms with Crippen molar-refractivity contribution in [2.45, 2.75) is 24.5 Å². The van der Waals surface area contributed by atoms with E-state index in [9.17, 15) is 9.59 Å². The van der Waals surface area contributed by atoms with Crippen molar-refractivity contribution in [3.05, 3.63) is 23.8 Å². The van der Waals surface area contributed by atoms with E-state index in [1.807, 2.05) is 12.3 Å². The van der Waals surface area contributed by atoms with E-state index in [-0.39, 0.29) is 6.79 Å². The van der Waals surface area contributed by atoms with Gasteiger partial charge in [-0.05, 0) is 30.4 Å². The van der Waals surface area contributed by atoms with Crippen molar-refractivity contribution in [1.82, 2.24) is 5.32 Å². The number of fused-ring (bicyclic) bond motifs is 1. The number of esters is 1. The average molecular weight is 370 g/mol. The van der Waals surface area contributed by atoms with Crippen LogP contribution in [0, 0.1) is 0 Å². The van der Waals surface area contributed by atoms with Crippen LogP contribution in [-0.2, 0) is 20.7 Å². The Balaban J connectivity index is 2.14. The fourth-order valence-electron chi connectivity index (χ4n) is 2.52. The predicted molar refractivity (Wildman–Crippen MR) is 93.0 cm³/mol. The van der Waals surface area contributed by atoms with Gasteiger partial charge in [0.1, 0.15) is 12.1 Å². The Morgan fingerprint density at radius 1 is 1.40 bits per heavy atom. The van der Waals surface area contributed by atoms with Crippen molar-refractivity contribution in [2.24, 2.45) is 5.73 Å². The molecule has 2 rings (SSSR count). The summed E-state index contributed by atoms with van der Waals surface area (Å²) in [5, 5.41) is 12.2. The molecule has 0 aromatic heterocycles. The normalized spacial score (nSPS) is 16.1. The summed E-state index contributed by atoms with van der Waals surface area (Å²) in [6.45, 7) is 0.167. The Labute approximate surface area is 150 Å². The zero-order valence-corrected chi connectivity index (χ0v) is 14.9. The van der Waals surface area contributed by atoms with Gasteiger partial charge in [-0.15, -0.1) is 0 Å². The van der Waals surface area contributed by atoms with E-state index in [4.69, 9.17) is 25.1 Å². The zero-order valence-electron chi connectivity index (χ0n) is 14.1. The fourth-order valence-corrected chi connectivity index (χ4v) is 3.18. The van der Waals surface area contributed by atoms with E-state index >= 15 is 0 Å². The van der Waals surface area contributed by atoms with Crippen LogP contribution in [-0.4, -0.2) is 61.1 Å². The van der Waals surface area contributed by atoms with Gasteiger partial charge >= 0.3 is 11.9 Å². The first-order chi connectivity index (χ1) is 12.0. The molecule has 4 N–H and O–H groups in total. The van der Waals surface area contributed by atoms with Crippen LogP contribution in [0.2, 0.25) is 0 Å². The Hall–Kier alpha value is -1.97. The minimum absolute atomic E-state index is 0.167. The summed E-state index contributed by atoms with van der Waals surface area (Å²) < 4.78 is 15.4. The van der Waals surface area contributed by atoms with Crippen LogP contribution in [0.25, 0.3) is 0 Å². The second-order valence-corrected chi connectivity index (χ2v) is 6.47. The van der Waals surface area contributed by atoms with Gasteiger partial charge in [0.15, 0.2) is 11.5 Å². The van der Waals surface area contributed by atoms with Crippen LogP contribution in [0.3, 0.4) is 0 Å². The minimum atomic E-state index is -1.13. The number of carbonyl (C=O) groups is 2. The molecule has 9 heteroatoms. The number of thioether (sulfide) groups is 1. The molecule has 0 amide bonds. The van der Waals surface area contributed by atoms with Gasteiger partial charge in [0, 0.05) is 11.8 Å². The van der Waals surface area contributed by atoms with Crippen LogP contribution in [0.5, 0.6) is 11.5 Å². The second kappa shape index (κ2) is 8.93. The van der Waals surface area contributed by atoms with E-state index in [0.29, 0.717) is 23.7 Å². The van der Waals surface area contributed by atoms with Gasteiger partial charge < -0.3 is 25.1 Å². The summed E-state index contributed by atoms with van der Waals surface area (Å²) >= 11 is 1.44. The maximum Gasteiger partial charge on any atom is 0.323 e. The molecular weight excluding hydrogens is 348 g/mol. The number of rotatable bonds is 9. The largest absolute Gasteiger partial charge is 0.480 e. The molecule has 0 fully saturated rings. The Bertz CT molecular complexity index is 627. The van der Waals surface area contributed by atoms with Crippen LogP contribution in [0.4, 0.5) is 0 Å². The number of nitrogens with one attached hydrogen (secondary N) is 1. The molecule has 2 unspecified atom stereocenters. The van der Waals surface area contributed by atoms with Crippen molar-refractivity contribution >= 4 is 23.7 Å². The fraction of sp³-hybridized carbons (Fsp3) is 0.500. The molecule has 1 aromatic carbocycles. The minimum Gasteiger partial charge on any atom is -0.480 e. The van der Waals surface area contributed by atoms with Gasteiger partial charge in [0.2, 0.25) is 6.79 Å². The molecule has 1 aliphatic heterocycles. The van der Waals surface area contributed by atoms with E-state index in [0.717, 1.165) is 5.56 Å². The highest BCUT2D eigenvalue weighted by molar-refractivity contribution is 7.98. The number of hydrogen-bond acceptors (Lipinski definition) is 8. The van der Waals surface area contributed by atoms with Gasteiger partial charge in [-0.2, -0.15) is 11.8 Å². The lowest BCUT2D eigenvalue weighted by Crippen LogP contribution is -2.56. The van der Waals surface area contributed by atoms with Gasteiger partial charge in [0.05, 0.1) is 7.11 Å². The number of carboxylic acids is 1. The highest BCUT2D eigenvalue weighted by Crippen LogP contribution is 2.32. The molecule has 0 spiro atoms. The molecule has 0 aliphatic carbocycles. The topological polar surface area (TPSA) is 120 Å². The summed E-state index contributed by atoms with van der Waals surface area (Å²) in [6, 6.07) is 2.95. The van der Waals surface area contributed by atoms with Gasteiger partial charge in [-0.1, -0.05) is 6.07 Å². The number of benzene rings is 1. The zero-order chi connectivity index (χ0) is 18.4. The number of carbonyl (C=O) groups excluding carboxylic acids is 1. The highest BCUT2D eigenvalue weighted by Gasteiger charge is 2.30. The third kappa shape index (κ3) is 5.00. The lowest BCUT2D eigenvalue weighted by atomic mass is 10.0. The van der Waals surface area contributed by atoms with Crippen molar-refractivity contribution in [1.29, 1.82) is 0 Å². The van der Waals surface area contributed by atoms with Crippen LogP contribution < -0.4 is 20.5 Å². The first kappa shape index (κ1) is 19.4. The maximum atomic E-state index is 12.1. The molecule has 0 saturated heterocycles. The summed E-state index contributed by atoms with van der Waals surface area (Å²) in [6.07, 6.45) is 2.15. The second-order valence-electron chi connectivity index (χ2n) is 5.56. The van der Waals surface area contributed by atoms with Crippen LogP contribution >= 0.6 is 11.8 Å². The Morgan fingerprint density at radius 2 is 2.12 bits per heavy atom. The van der Waals surface area contributed by atoms with Crippen molar-refractivity contribution in [2.75, 3.05) is 25.9 Å². The predicted octanol–water partition coefficient (Wildman–Crippen LogP) is 0.233. The van der Waals surface area contributed by atoms with Crippen LogP contribution in [0.15, 0.2) is 18.2 Å². The Morgan fingerprint density at radius 3 is 2.76 bits per heavy atom. The number of nitrogens with two attached hydrogens (primary N) is 1. The van der Waals surface area contributed by atoms with E-state index in [1.165, 1.54) is 18.9 Å². The SMILES string of the molecule is COC(=O)C(Cc1ccc2c(c1)OCO2)NC(CSC)[C@H](N)C(=O)O. The summed E-state index contributed by atoms with van der Waals surface area (Å²) in [5.74, 6) is 0.102. The third-order valence-electron chi connectivity index (χ3n) is 3.84. The first-order valence-electron chi connectivity index (χ1n) is 7.66. The maximum absolute atomic E-state index is 12.1. The quantitative estimate of drug-likeness (QED) is 0.525. The molecule has 3 atom stereocenters. The standard InChI is InChI=1S/C16H22N2O6S/c1-22-16(21)10(18-11(7-25-2)14(17)15(19)20)5-9-3-4-12-13(6-9)24-8-23-12/h3-4,6,10-11,14,18H,5,7-8,17H2,1-2H3,(H,19,20)/t10?,11?,14-/m0/s1. The molecular formula is C16H22N2O6S. The molecule has 1 aromatic rings. The van der Waals surface area contributed by atoms with E-state index in [1.54, 1.807) is 12.1 Å². The average Bonchev–Trinajstić information content (AvgIpc) is 3.06. The van der Waals surface area contributed by atoms with E-state index < -0.39 is 30.1 Å². The van der Waals surface area contributed by atoms with Gasteiger partial charge in [-0.3, -0.25) is 14.9 Å². The molecule has 1 aliphatic rings. The molecule has 1 heterocycles. The number of carboxylic acid groups (broad SMARTS) is 1. The lowest BCUT2D eigenvalue weighted by Gasteiger charge is -2.26. The Kier molecular flexibility index (Phi) is 6.91. The molecule has 25 heavy (non-hydrogen) atoms. The van der Waals surface area contributed by atoms with Crippen molar-refractivity contribution in [3.8, 4) is 11.5 Å². The number of aliphatic carboxylic acids is 1. The monoisotopic (exact) mass is 370 g/mol. The first-order valence-corrected chi connectivity index (χ1v) is 9.05. The number of methoxy groups -OCH3 is 1. The molecule has 0 saturated carbocycles. The van der Waals surface area contributed by atoms with Crippen molar-refractivity contribution < 1.29 is 28.9 Å². The third-order valence-corrected chi connectivity index (χ3v) is 4.54. The molecule has 138 valence electrons. The van der Waals surface area contributed by atoms with Crippen LogP contribution in [0.1, 0.15) is 5.56 Å². The van der Waals surface area contributed by atoms with Gasteiger partial charge in [-0.25, -0.2) is 0 Å². The molecule has 0 radical (unpaired) electrons. The molecule has 8 nitrogen and oxygen atoms in total. The lowest BCUT2D eigenvalue weighted by molar-refractivity contribution is -0.144. The number of ether oxygens (including phenoxy) is 3. The smallest absolute Gasteiger partial charge is 0.323 e. The van der Waals surface area contributed by atoms with Gasteiger partial charge in [0.25, 0.3) is 0 Å². The van der Waals surface area contributed by atoms with E-state index in [2.05, 4.69) is 5.32 Å². The van der Waals surface area contributed by atoms with Crippen molar-refractivity contribution in [3.63, 3.8) is 0 Å².